The van der Waals surface area contributed by atoms with Crippen molar-refractivity contribution in [2.75, 3.05) is 32.8 Å². The molecule has 1 aliphatic heterocycles. The summed E-state index contributed by atoms with van der Waals surface area (Å²) in [6.45, 7) is 3.50. The van der Waals surface area contributed by atoms with Crippen molar-refractivity contribution in [1.29, 1.82) is 0 Å². The van der Waals surface area contributed by atoms with Crippen molar-refractivity contribution in [3.05, 3.63) is 26.7 Å². The van der Waals surface area contributed by atoms with E-state index in [4.69, 9.17) is 27.9 Å². The number of ether oxygens (including phenoxy) is 1. The summed E-state index contributed by atoms with van der Waals surface area (Å²) in [6.07, 6.45) is 0.337. The first kappa shape index (κ1) is 15.9. The van der Waals surface area contributed by atoms with Crippen molar-refractivity contribution >= 4 is 45.0 Å². The third-order valence-corrected chi connectivity index (χ3v) is 4.51. The number of amides is 1. The van der Waals surface area contributed by atoms with Gasteiger partial charge in [0.05, 0.1) is 23.1 Å². The van der Waals surface area contributed by atoms with Crippen LogP contribution in [0.25, 0.3) is 0 Å². The first-order valence-corrected chi connectivity index (χ1v) is 7.88. The Kier molecular flexibility index (Phi) is 5.96. The van der Waals surface area contributed by atoms with Gasteiger partial charge in [0.2, 0.25) is 5.91 Å². The summed E-state index contributed by atoms with van der Waals surface area (Å²) in [7, 11) is 0. The molecule has 1 aliphatic rings. The molecule has 1 heterocycles. The van der Waals surface area contributed by atoms with E-state index in [1.165, 1.54) is 0 Å². The van der Waals surface area contributed by atoms with Gasteiger partial charge in [-0.1, -0.05) is 23.2 Å². The van der Waals surface area contributed by atoms with E-state index >= 15 is 0 Å². The lowest BCUT2D eigenvalue weighted by atomic mass is 10.3. The maximum atomic E-state index is 11.9. The van der Waals surface area contributed by atoms with E-state index in [9.17, 15) is 4.79 Å². The van der Waals surface area contributed by atoms with Crippen LogP contribution < -0.4 is 10.1 Å². The number of carbonyl (C=O) groups excluding carboxylic acids is 1. The fourth-order valence-corrected chi connectivity index (χ4v) is 2.78. The second-order valence-electron chi connectivity index (χ2n) is 4.43. The highest BCUT2D eigenvalue weighted by Crippen LogP contribution is 2.34. The van der Waals surface area contributed by atoms with Crippen LogP contribution in [-0.2, 0) is 4.79 Å². The lowest BCUT2D eigenvalue weighted by Crippen LogP contribution is -2.46. The third kappa shape index (κ3) is 4.25. The molecule has 4 nitrogen and oxygen atoms in total. The maximum Gasteiger partial charge on any atom is 0.226 e. The average molecular weight is 382 g/mol. The Balaban J connectivity index is 1.83. The van der Waals surface area contributed by atoms with Crippen molar-refractivity contribution in [1.82, 2.24) is 10.2 Å². The standard InChI is InChI=1S/C13H15BrCl2N2O2/c14-9-7-11(16)12(8-10(9)15)20-6-1-13(19)18-4-2-17-3-5-18/h7-8,17H,1-6H2. The lowest BCUT2D eigenvalue weighted by molar-refractivity contribution is -0.132. The molecule has 1 aromatic carbocycles. The van der Waals surface area contributed by atoms with E-state index in [2.05, 4.69) is 21.2 Å². The van der Waals surface area contributed by atoms with Gasteiger partial charge in [-0.25, -0.2) is 0 Å². The first-order chi connectivity index (χ1) is 9.58. The molecule has 0 atom stereocenters. The van der Waals surface area contributed by atoms with Gasteiger partial charge in [-0.2, -0.15) is 0 Å². The molecule has 0 spiro atoms. The van der Waals surface area contributed by atoms with Crippen LogP contribution in [0, 0.1) is 0 Å². The Labute approximate surface area is 136 Å². The predicted octanol–water partition coefficient (Wildman–Crippen LogP) is 2.96. The summed E-state index contributed by atoms with van der Waals surface area (Å²) in [5, 5.41) is 4.20. The topological polar surface area (TPSA) is 41.6 Å². The molecule has 1 amide bonds. The Morgan fingerprint density at radius 3 is 2.70 bits per heavy atom. The highest BCUT2D eigenvalue weighted by atomic mass is 79.9. The quantitative estimate of drug-likeness (QED) is 0.815. The minimum Gasteiger partial charge on any atom is -0.491 e. The highest BCUT2D eigenvalue weighted by Gasteiger charge is 2.16. The van der Waals surface area contributed by atoms with Crippen LogP contribution in [0.1, 0.15) is 6.42 Å². The second-order valence-corrected chi connectivity index (χ2v) is 6.09. The molecule has 2 rings (SSSR count). The number of piperazine rings is 1. The van der Waals surface area contributed by atoms with Crippen LogP contribution in [0.15, 0.2) is 16.6 Å². The molecule has 7 heteroatoms. The summed E-state index contributed by atoms with van der Waals surface area (Å²) in [6, 6.07) is 3.32. The molecule has 0 aliphatic carbocycles. The first-order valence-electron chi connectivity index (χ1n) is 6.34. The van der Waals surface area contributed by atoms with E-state index in [1.807, 2.05) is 4.90 Å². The normalized spacial score (nSPS) is 15.2. The Morgan fingerprint density at radius 2 is 2.00 bits per heavy atom. The van der Waals surface area contributed by atoms with Gasteiger partial charge in [-0.15, -0.1) is 0 Å². The second kappa shape index (κ2) is 7.50. The van der Waals surface area contributed by atoms with Gasteiger partial charge in [-0.05, 0) is 22.0 Å². The minimum absolute atomic E-state index is 0.103. The summed E-state index contributed by atoms with van der Waals surface area (Å²) in [5.74, 6) is 0.596. The number of carbonyl (C=O) groups is 1. The van der Waals surface area contributed by atoms with E-state index < -0.39 is 0 Å². The lowest BCUT2D eigenvalue weighted by Gasteiger charge is -2.27. The largest absolute Gasteiger partial charge is 0.491 e. The number of benzene rings is 1. The zero-order valence-electron chi connectivity index (χ0n) is 10.8. The van der Waals surface area contributed by atoms with Crippen LogP contribution in [0.4, 0.5) is 0 Å². The van der Waals surface area contributed by atoms with Crippen molar-refractivity contribution in [2.24, 2.45) is 0 Å². The SMILES string of the molecule is O=C(CCOc1cc(Cl)c(Br)cc1Cl)N1CCNCC1. The molecule has 20 heavy (non-hydrogen) atoms. The summed E-state index contributed by atoms with van der Waals surface area (Å²) < 4.78 is 6.25. The van der Waals surface area contributed by atoms with Gasteiger partial charge in [0.1, 0.15) is 5.75 Å². The molecule has 0 radical (unpaired) electrons. The van der Waals surface area contributed by atoms with Gasteiger partial charge in [0.25, 0.3) is 0 Å². The number of nitrogens with one attached hydrogen (secondary N) is 1. The Morgan fingerprint density at radius 1 is 1.30 bits per heavy atom. The van der Waals surface area contributed by atoms with Gasteiger partial charge in [-0.3, -0.25) is 4.79 Å². The fourth-order valence-electron chi connectivity index (χ4n) is 1.94. The average Bonchev–Trinajstić information content (AvgIpc) is 2.45. The molecule has 1 aromatic rings. The highest BCUT2D eigenvalue weighted by molar-refractivity contribution is 9.10. The van der Waals surface area contributed by atoms with Gasteiger partial charge < -0.3 is 15.0 Å². The number of halogens is 3. The molecular weight excluding hydrogens is 367 g/mol. The molecular formula is C13H15BrCl2N2O2. The zero-order valence-corrected chi connectivity index (χ0v) is 13.9. The summed E-state index contributed by atoms with van der Waals surface area (Å²) >= 11 is 15.3. The molecule has 1 N–H and O–H groups in total. The fraction of sp³-hybridized carbons (Fsp3) is 0.462. The number of nitrogens with zero attached hydrogens (tertiary/aromatic N) is 1. The van der Waals surface area contributed by atoms with Gasteiger partial charge >= 0.3 is 0 Å². The van der Waals surface area contributed by atoms with Crippen LogP contribution in [0.2, 0.25) is 10.0 Å². The van der Waals surface area contributed by atoms with Gasteiger partial charge in [0, 0.05) is 36.7 Å². The van der Waals surface area contributed by atoms with E-state index in [1.54, 1.807) is 12.1 Å². The third-order valence-electron chi connectivity index (χ3n) is 3.02. The smallest absolute Gasteiger partial charge is 0.226 e. The van der Waals surface area contributed by atoms with Crippen molar-refractivity contribution in [3.8, 4) is 5.75 Å². The Hall–Kier alpha value is -0.490. The van der Waals surface area contributed by atoms with E-state index in [-0.39, 0.29) is 5.91 Å². The number of rotatable bonds is 4. The molecule has 1 fully saturated rings. The molecule has 1 saturated heterocycles. The molecule has 110 valence electrons. The van der Waals surface area contributed by atoms with Crippen LogP contribution in [-0.4, -0.2) is 43.6 Å². The van der Waals surface area contributed by atoms with Crippen LogP contribution >= 0.6 is 39.1 Å². The van der Waals surface area contributed by atoms with Crippen LogP contribution in [0.3, 0.4) is 0 Å². The summed E-state index contributed by atoms with van der Waals surface area (Å²) in [4.78, 5) is 13.8. The molecule has 0 saturated carbocycles. The van der Waals surface area contributed by atoms with Crippen molar-refractivity contribution in [3.63, 3.8) is 0 Å². The monoisotopic (exact) mass is 380 g/mol. The molecule has 0 unspecified atom stereocenters. The minimum atomic E-state index is 0.103. The van der Waals surface area contributed by atoms with Crippen molar-refractivity contribution in [2.45, 2.75) is 6.42 Å². The van der Waals surface area contributed by atoms with Crippen LogP contribution in [0.5, 0.6) is 5.75 Å². The molecule has 0 bridgehead atoms. The number of hydrogen-bond donors (Lipinski definition) is 1. The molecule has 0 aromatic heterocycles. The Bertz CT molecular complexity index is 494. The zero-order chi connectivity index (χ0) is 14.5. The summed E-state index contributed by atoms with van der Waals surface area (Å²) in [5.41, 5.74) is 0. The van der Waals surface area contributed by atoms with E-state index in [0.29, 0.717) is 33.3 Å². The van der Waals surface area contributed by atoms with E-state index in [0.717, 1.165) is 26.2 Å². The predicted molar refractivity (Wildman–Crippen MR) is 83.7 cm³/mol. The van der Waals surface area contributed by atoms with Crippen molar-refractivity contribution < 1.29 is 9.53 Å². The number of hydrogen-bond acceptors (Lipinski definition) is 3. The maximum absolute atomic E-state index is 11.9. The van der Waals surface area contributed by atoms with Gasteiger partial charge in [0.15, 0.2) is 0 Å².